The predicted octanol–water partition coefficient (Wildman–Crippen LogP) is 8.05. The monoisotopic (exact) mass is 818 g/mol. The molecule has 9 rings (SSSR count). The Kier molecular flexibility index (Phi) is 9.65. The Bertz CT molecular complexity index is 2490. The van der Waals surface area contributed by atoms with Crippen LogP contribution < -0.4 is 41.5 Å². The Hall–Kier alpha value is -6.23. The van der Waals surface area contributed by atoms with E-state index in [1.54, 1.807) is 0 Å². The summed E-state index contributed by atoms with van der Waals surface area (Å²) in [5, 5.41) is 7.04. The number of hydrogen-bond acceptors (Lipinski definition) is 0. The van der Waals surface area contributed by atoms with Crippen LogP contribution in [-0.4, -0.2) is 16.1 Å². The quantitative estimate of drug-likeness (QED) is 0.0828. The van der Waals surface area contributed by atoms with E-state index < -0.39 is 39.6 Å². The van der Waals surface area contributed by atoms with Crippen molar-refractivity contribution in [1.82, 2.24) is 0 Å². The molecule has 0 aliphatic heterocycles. The molecular formula is C51H36F6Si2. The van der Waals surface area contributed by atoms with Gasteiger partial charge in [0.2, 0.25) is 0 Å². The first-order chi connectivity index (χ1) is 28.5. The van der Waals surface area contributed by atoms with Crippen LogP contribution in [0.25, 0.3) is 11.1 Å². The van der Waals surface area contributed by atoms with Crippen LogP contribution in [-0.2, 0) is 18.8 Å². The number of alkyl halides is 6. The van der Waals surface area contributed by atoms with Crippen LogP contribution in [0.4, 0.5) is 26.3 Å². The normalized spacial score (nSPS) is 12.8. The number of halogens is 6. The summed E-state index contributed by atoms with van der Waals surface area (Å²) in [5.74, 6) is 0. The van der Waals surface area contributed by atoms with Crippen molar-refractivity contribution in [3.8, 4) is 11.1 Å². The fourth-order valence-electron chi connectivity index (χ4n) is 9.29. The zero-order chi connectivity index (χ0) is 40.8. The molecule has 8 aromatic carbocycles. The van der Waals surface area contributed by atoms with Gasteiger partial charge in [0.15, 0.2) is 16.1 Å². The lowest BCUT2D eigenvalue weighted by Gasteiger charge is -2.35. The lowest BCUT2D eigenvalue weighted by molar-refractivity contribution is -0.138. The van der Waals surface area contributed by atoms with Gasteiger partial charge in [0.1, 0.15) is 0 Å². The van der Waals surface area contributed by atoms with Crippen LogP contribution in [0.3, 0.4) is 0 Å². The van der Waals surface area contributed by atoms with Gasteiger partial charge in [-0.15, -0.1) is 0 Å². The van der Waals surface area contributed by atoms with Crippen molar-refractivity contribution >= 4 is 57.6 Å². The van der Waals surface area contributed by atoms with Gasteiger partial charge in [0, 0.05) is 0 Å². The molecule has 0 unspecified atom stereocenters. The number of rotatable bonds is 8. The molecule has 1 aliphatic carbocycles. The molecule has 0 N–H and O–H groups in total. The first-order valence-electron chi connectivity index (χ1n) is 19.4. The molecular weight excluding hydrogens is 783 g/mol. The second-order valence-electron chi connectivity index (χ2n) is 15.0. The number of benzene rings is 8. The lowest BCUT2D eigenvalue weighted by atomic mass is 10.1. The third kappa shape index (κ3) is 6.57. The SMILES string of the molecule is FC(F)(F)c1cccc([Si](c2ccccc2)(c2ccccc2)c2ccc3c(c2)Cc2cc([Si](c4ccccc4)(c4ccccc4)c4cccc(C(F)(F)F)c4)ccc2-3)c1. The molecule has 0 radical (unpaired) electrons. The predicted molar refractivity (Wildman–Crippen MR) is 232 cm³/mol. The Morgan fingerprint density at radius 2 is 0.576 bits per heavy atom. The molecule has 0 heterocycles. The summed E-state index contributed by atoms with van der Waals surface area (Å²) in [6.07, 6.45) is -8.49. The van der Waals surface area contributed by atoms with Gasteiger partial charge in [-0.3, -0.25) is 0 Å². The van der Waals surface area contributed by atoms with Gasteiger partial charge in [0.05, 0.1) is 11.1 Å². The van der Waals surface area contributed by atoms with Crippen LogP contribution in [0.1, 0.15) is 22.3 Å². The van der Waals surface area contributed by atoms with E-state index in [4.69, 9.17) is 0 Å². The van der Waals surface area contributed by atoms with E-state index in [2.05, 4.69) is 36.4 Å². The molecule has 0 saturated carbocycles. The summed E-state index contributed by atoms with van der Waals surface area (Å²) >= 11 is 0. The van der Waals surface area contributed by atoms with Gasteiger partial charge in [-0.05, 0) is 82.3 Å². The summed E-state index contributed by atoms with van der Waals surface area (Å²) in [6, 6.07) is 63.8. The molecule has 8 aromatic rings. The average molecular weight is 819 g/mol. The summed E-state index contributed by atoms with van der Waals surface area (Å²) < 4.78 is 86.3. The van der Waals surface area contributed by atoms with Gasteiger partial charge in [-0.25, -0.2) is 0 Å². The Balaban J connectivity index is 1.25. The van der Waals surface area contributed by atoms with E-state index in [0.717, 1.165) is 65.5 Å². The molecule has 0 nitrogen and oxygen atoms in total. The van der Waals surface area contributed by atoms with E-state index in [0.29, 0.717) is 16.8 Å². The van der Waals surface area contributed by atoms with Gasteiger partial charge < -0.3 is 0 Å². The van der Waals surface area contributed by atoms with E-state index >= 15 is 0 Å². The zero-order valence-corrected chi connectivity index (χ0v) is 33.6. The molecule has 0 spiro atoms. The summed E-state index contributed by atoms with van der Waals surface area (Å²) in [7, 11) is -6.67. The van der Waals surface area contributed by atoms with Crippen LogP contribution in [0.5, 0.6) is 0 Å². The molecule has 0 fully saturated rings. The third-order valence-corrected chi connectivity index (χ3v) is 21.3. The van der Waals surface area contributed by atoms with Crippen LogP contribution in [0.2, 0.25) is 0 Å². The first-order valence-corrected chi connectivity index (χ1v) is 23.4. The molecule has 0 amide bonds. The smallest absolute Gasteiger partial charge is 0.166 e. The average Bonchev–Trinajstić information content (AvgIpc) is 3.63. The molecule has 59 heavy (non-hydrogen) atoms. The maximum atomic E-state index is 14.4. The van der Waals surface area contributed by atoms with E-state index in [-0.39, 0.29) is 0 Å². The van der Waals surface area contributed by atoms with E-state index in [1.165, 1.54) is 24.3 Å². The highest BCUT2D eigenvalue weighted by atomic mass is 28.3. The molecule has 0 atom stereocenters. The van der Waals surface area contributed by atoms with Gasteiger partial charge in [-0.2, -0.15) is 26.3 Å². The zero-order valence-electron chi connectivity index (χ0n) is 31.6. The van der Waals surface area contributed by atoms with Crippen molar-refractivity contribution in [1.29, 1.82) is 0 Å². The van der Waals surface area contributed by atoms with E-state index in [9.17, 15) is 26.3 Å². The summed E-state index contributed by atoms with van der Waals surface area (Å²) in [4.78, 5) is 0. The highest BCUT2D eigenvalue weighted by Crippen LogP contribution is 2.37. The largest absolute Gasteiger partial charge is 0.416 e. The maximum Gasteiger partial charge on any atom is 0.416 e. The van der Waals surface area contributed by atoms with Crippen LogP contribution in [0.15, 0.2) is 206 Å². The topological polar surface area (TPSA) is 0 Å². The minimum Gasteiger partial charge on any atom is -0.166 e. The number of hydrogen-bond donors (Lipinski definition) is 0. The maximum absolute atomic E-state index is 14.4. The fourth-order valence-corrected chi connectivity index (χ4v) is 18.9. The molecule has 0 saturated heterocycles. The van der Waals surface area contributed by atoms with Gasteiger partial charge in [-0.1, -0.05) is 194 Å². The second kappa shape index (κ2) is 14.9. The summed E-state index contributed by atoms with van der Waals surface area (Å²) in [5.41, 5.74) is 2.80. The van der Waals surface area contributed by atoms with Crippen LogP contribution >= 0.6 is 0 Å². The van der Waals surface area contributed by atoms with E-state index in [1.807, 2.05) is 133 Å². The summed E-state index contributed by atoms with van der Waals surface area (Å²) in [6.45, 7) is 0. The second-order valence-corrected chi connectivity index (χ2v) is 22.7. The van der Waals surface area contributed by atoms with Crippen molar-refractivity contribution < 1.29 is 26.3 Å². The fraction of sp³-hybridized carbons (Fsp3) is 0.0588. The Morgan fingerprint density at radius 1 is 0.288 bits per heavy atom. The van der Waals surface area contributed by atoms with Crippen molar-refractivity contribution in [2.24, 2.45) is 0 Å². The van der Waals surface area contributed by atoms with Crippen molar-refractivity contribution in [3.63, 3.8) is 0 Å². The standard InChI is InChI=1S/C51H36F6Si2/c52-50(53,54)38-15-13-25-44(34-38)58(40-17-5-1-6-18-40,41-19-7-2-8-20-41)46-27-29-48-36(32-46)31-37-33-47(28-30-49(37)48)59(42-21-9-3-10-22-42,43-23-11-4-12-24-43)45-26-14-16-39(35-45)51(55,56)57/h1-30,32-35H,31H2. The molecule has 1 aliphatic rings. The van der Waals surface area contributed by atoms with Crippen molar-refractivity contribution in [3.05, 3.63) is 229 Å². The highest BCUT2D eigenvalue weighted by Gasteiger charge is 2.45. The van der Waals surface area contributed by atoms with Gasteiger partial charge >= 0.3 is 12.4 Å². The van der Waals surface area contributed by atoms with Gasteiger partial charge in [0.25, 0.3) is 0 Å². The third-order valence-electron chi connectivity index (χ3n) is 11.8. The Labute approximate surface area is 341 Å². The van der Waals surface area contributed by atoms with Crippen LogP contribution in [0, 0.1) is 0 Å². The van der Waals surface area contributed by atoms with Crippen molar-refractivity contribution in [2.45, 2.75) is 18.8 Å². The molecule has 0 bridgehead atoms. The van der Waals surface area contributed by atoms with Crippen molar-refractivity contribution in [2.75, 3.05) is 0 Å². The lowest BCUT2D eigenvalue weighted by Crippen LogP contribution is -2.74. The molecule has 290 valence electrons. The first kappa shape index (κ1) is 38.3. The number of fused-ring (bicyclic) bond motifs is 3. The molecule has 8 heteroatoms. The minimum absolute atomic E-state index is 0.555. The minimum atomic E-state index is -4.52. The molecule has 0 aromatic heterocycles. The highest BCUT2D eigenvalue weighted by molar-refractivity contribution is 7.20. The Morgan fingerprint density at radius 3 is 0.881 bits per heavy atom.